The van der Waals surface area contributed by atoms with Crippen molar-refractivity contribution in [1.29, 1.82) is 0 Å². The van der Waals surface area contributed by atoms with Gasteiger partial charge in [0, 0.05) is 10.4 Å². The van der Waals surface area contributed by atoms with Crippen molar-refractivity contribution in [2.24, 2.45) is 0 Å². The number of pyridine rings is 1. The summed E-state index contributed by atoms with van der Waals surface area (Å²) in [6.07, 6.45) is 0. The average molecular weight is 321 g/mol. The van der Waals surface area contributed by atoms with Crippen LogP contribution in [0.4, 0.5) is 0 Å². The largest absolute Gasteiger partial charge is 0.233 e. The second-order valence-electron chi connectivity index (χ2n) is 2.60. The molecule has 13 heavy (non-hydrogen) atoms. The van der Waals surface area contributed by atoms with Gasteiger partial charge in [-0.3, -0.25) is 0 Å². The Bertz CT molecular complexity index is 470. The van der Waals surface area contributed by atoms with E-state index >= 15 is 0 Å². The minimum atomic E-state index is 0.720. The number of aromatic nitrogens is 1. The molecule has 0 bridgehead atoms. The third kappa shape index (κ3) is 1.87. The highest BCUT2D eigenvalue weighted by Gasteiger charge is 2.02. The molecule has 0 spiro atoms. The van der Waals surface area contributed by atoms with E-state index in [9.17, 15) is 0 Å². The van der Waals surface area contributed by atoms with Crippen molar-refractivity contribution in [2.45, 2.75) is 0 Å². The van der Waals surface area contributed by atoms with Crippen molar-refractivity contribution in [3.63, 3.8) is 0 Å². The molecule has 2 rings (SSSR count). The van der Waals surface area contributed by atoms with Crippen molar-refractivity contribution >= 4 is 54.2 Å². The topological polar surface area (TPSA) is 12.9 Å². The Morgan fingerprint density at radius 3 is 2.69 bits per heavy atom. The van der Waals surface area contributed by atoms with Crippen LogP contribution in [0.3, 0.4) is 0 Å². The highest BCUT2D eigenvalue weighted by Crippen LogP contribution is 2.27. The van der Waals surface area contributed by atoms with E-state index in [0.717, 1.165) is 25.0 Å². The molecular formula is C9H4Br2ClN. The average Bonchev–Trinajstić information content (AvgIpc) is 2.06. The summed E-state index contributed by atoms with van der Waals surface area (Å²) in [5, 5.41) is 2.85. The van der Waals surface area contributed by atoms with Crippen LogP contribution < -0.4 is 0 Å². The number of benzene rings is 1. The van der Waals surface area contributed by atoms with Crippen molar-refractivity contribution in [1.82, 2.24) is 4.98 Å². The van der Waals surface area contributed by atoms with E-state index < -0.39 is 0 Å². The highest BCUT2D eigenvalue weighted by molar-refractivity contribution is 9.11. The van der Waals surface area contributed by atoms with E-state index in [1.165, 1.54) is 0 Å². The maximum absolute atomic E-state index is 5.87. The van der Waals surface area contributed by atoms with Crippen molar-refractivity contribution < 1.29 is 0 Å². The lowest BCUT2D eigenvalue weighted by atomic mass is 10.2. The minimum Gasteiger partial charge on any atom is -0.233 e. The van der Waals surface area contributed by atoms with E-state index in [0.29, 0.717) is 0 Å². The summed E-state index contributed by atoms with van der Waals surface area (Å²) in [6, 6.07) is 7.68. The lowest BCUT2D eigenvalue weighted by Gasteiger charge is -2.01. The Hall–Kier alpha value is -0.120. The highest BCUT2D eigenvalue weighted by atomic mass is 79.9. The van der Waals surface area contributed by atoms with E-state index in [-0.39, 0.29) is 0 Å². The van der Waals surface area contributed by atoms with Gasteiger partial charge in [0.05, 0.1) is 0 Å². The molecular weight excluding hydrogens is 317 g/mol. The maximum Gasteiger partial charge on any atom is 0.115 e. The molecule has 4 heteroatoms. The Morgan fingerprint density at radius 2 is 1.92 bits per heavy atom. The van der Waals surface area contributed by atoms with Crippen LogP contribution in [0.15, 0.2) is 33.5 Å². The van der Waals surface area contributed by atoms with Crippen LogP contribution in [-0.4, -0.2) is 4.98 Å². The van der Waals surface area contributed by atoms with Crippen molar-refractivity contribution in [3.05, 3.63) is 38.5 Å². The monoisotopic (exact) mass is 319 g/mol. The maximum atomic E-state index is 5.87. The first-order valence-corrected chi connectivity index (χ1v) is 5.54. The summed E-state index contributed by atoms with van der Waals surface area (Å²) in [5.41, 5.74) is 0. The van der Waals surface area contributed by atoms with E-state index in [4.69, 9.17) is 11.6 Å². The molecule has 0 amide bonds. The fourth-order valence-electron chi connectivity index (χ4n) is 1.15. The van der Waals surface area contributed by atoms with Gasteiger partial charge in [-0.25, -0.2) is 4.98 Å². The second kappa shape index (κ2) is 3.56. The molecule has 0 unspecified atom stereocenters. The lowest BCUT2D eigenvalue weighted by molar-refractivity contribution is 1.26. The van der Waals surface area contributed by atoms with Gasteiger partial charge >= 0.3 is 0 Å². The molecule has 0 saturated carbocycles. The summed E-state index contributed by atoms with van der Waals surface area (Å²) in [6.45, 7) is 0. The van der Waals surface area contributed by atoms with Crippen molar-refractivity contribution in [3.8, 4) is 0 Å². The van der Waals surface area contributed by atoms with Gasteiger partial charge in [-0.2, -0.15) is 0 Å². The van der Waals surface area contributed by atoms with Crippen LogP contribution in [0.25, 0.3) is 10.8 Å². The third-order valence-corrected chi connectivity index (χ3v) is 2.96. The quantitative estimate of drug-likeness (QED) is 0.655. The van der Waals surface area contributed by atoms with Gasteiger partial charge in [0.2, 0.25) is 0 Å². The number of hydrogen-bond acceptors (Lipinski definition) is 1. The van der Waals surface area contributed by atoms with Gasteiger partial charge in [-0.05, 0) is 55.4 Å². The summed E-state index contributed by atoms with van der Waals surface area (Å²) >= 11 is 12.6. The third-order valence-electron chi connectivity index (χ3n) is 1.72. The molecule has 1 aromatic heterocycles. The molecule has 0 radical (unpaired) electrons. The predicted molar refractivity (Wildman–Crippen MR) is 62.2 cm³/mol. The SMILES string of the molecule is Clc1ccc2cc(Br)nc(Br)c2c1. The van der Waals surface area contributed by atoms with Gasteiger partial charge in [-0.1, -0.05) is 17.7 Å². The number of nitrogens with zero attached hydrogens (tertiary/aromatic N) is 1. The molecule has 0 aliphatic heterocycles. The minimum absolute atomic E-state index is 0.720. The van der Waals surface area contributed by atoms with Crippen LogP contribution >= 0.6 is 43.5 Å². The summed E-state index contributed by atoms with van der Waals surface area (Å²) in [4.78, 5) is 4.22. The molecule has 0 saturated heterocycles. The fraction of sp³-hybridized carbons (Fsp3) is 0. The molecule has 2 aromatic rings. The van der Waals surface area contributed by atoms with Gasteiger partial charge in [0.25, 0.3) is 0 Å². The van der Waals surface area contributed by atoms with E-state index in [2.05, 4.69) is 36.8 Å². The smallest absolute Gasteiger partial charge is 0.115 e. The predicted octanol–water partition coefficient (Wildman–Crippen LogP) is 4.41. The van der Waals surface area contributed by atoms with E-state index in [1.807, 2.05) is 24.3 Å². The second-order valence-corrected chi connectivity index (χ2v) is 4.60. The van der Waals surface area contributed by atoms with Crippen molar-refractivity contribution in [2.75, 3.05) is 0 Å². The summed E-state index contributed by atoms with van der Waals surface area (Å²) in [5.74, 6) is 0. The van der Waals surface area contributed by atoms with Crippen LogP contribution in [0.5, 0.6) is 0 Å². The zero-order chi connectivity index (χ0) is 9.42. The van der Waals surface area contributed by atoms with Crippen LogP contribution in [-0.2, 0) is 0 Å². The molecule has 1 nitrogen and oxygen atoms in total. The number of rotatable bonds is 0. The number of hydrogen-bond donors (Lipinski definition) is 0. The Balaban J connectivity index is 2.87. The van der Waals surface area contributed by atoms with Crippen LogP contribution in [0, 0.1) is 0 Å². The molecule has 0 N–H and O–H groups in total. The first-order chi connectivity index (χ1) is 6.16. The number of halogens is 3. The normalized spacial score (nSPS) is 10.7. The number of fused-ring (bicyclic) bond motifs is 1. The van der Waals surface area contributed by atoms with Gasteiger partial charge in [0.15, 0.2) is 0 Å². The summed E-state index contributed by atoms with van der Waals surface area (Å²) in [7, 11) is 0. The zero-order valence-electron chi connectivity index (χ0n) is 6.39. The Labute approximate surface area is 97.4 Å². The van der Waals surface area contributed by atoms with Crippen LogP contribution in [0.2, 0.25) is 5.02 Å². The van der Waals surface area contributed by atoms with Gasteiger partial charge in [-0.15, -0.1) is 0 Å². The summed E-state index contributed by atoms with van der Waals surface area (Å²) < 4.78 is 1.62. The Morgan fingerprint density at radius 1 is 1.15 bits per heavy atom. The molecule has 0 aliphatic rings. The molecule has 0 aliphatic carbocycles. The Kier molecular flexibility index (Phi) is 2.58. The molecule has 1 aromatic carbocycles. The zero-order valence-corrected chi connectivity index (χ0v) is 10.3. The van der Waals surface area contributed by atoms with Gasteiger partial charge < -0.3 is 0 Å². The molecule has 66 valence electrons. The molecule has 0 atom stereocenters. The van der Waals surface area contributed by atoms with Crippen LogP contribution in [0.1, 0.15) is 0 Å². The molecule has 1 heterocycles. The van der Waals surface area contributed by atoms with Gasteiger partial charge in [0.1, 0.15) is 9.21 Å². The lowest BCUT2D eigenvalue weighted by Crippen LogP contribution is -1.81. The standard InChI is InChI=1S/C9H4Br2ClN/c10-8-3-5-1-2-6(12)4-7(5)9(11)13-8/h1-4H. The fourth-order valence-corrected chi connectivity index (χ4v) is 2.52. The molecule has 0 fully saturated rings. The first kappa shape index (κ1) is 9.44. The first-order valence-electron chi connectivity index (χ1n) is 3.58. The van der Waals surface area contributed by atoms with E-state index in [1.54, 1.807) is 0 Å².